The summed E-state index contributed by atoms with van der Waals surface area (Å²) in [7, 11) is 1.62. The number of nitrogens with one attached hydrogen (secondary N) is 1. The van der Waals surface area contributed by atoms with Crippen molar-refractivity contribution in [3.05, 3.63) is 58.8 Å². The van der Waals surface area contributed by atoms with Crippen molar-refractivity contribution in [3.63, 3.8) is 0 Å². The molecule has 1 fully saturated rings. The van der Waals surface area contributed by atoms with Crippen molar-refractivity contribution in [1.29, 1.82) is 0 Å². The number of carbonyl (C=O) groups is 1. The molecule has 34 heavy (non-hydrogen) atoms. The molecule has 1 spiro atoms. The first-order chi connectivity index (χ1) is 16.2. The van der Waals surface area contributed by atoms with Gasteiger partial charge in [0.2, 0.25) is 0 Å². The van der Waals surface area contributed by atoms with Gasteiger partial charge in [0, 0.05) is 29.4 Å². The number of carbonyl (C=O) groups excluding carboxylic acids is 1. The van der Waals surface area contributed by atoms with Crippen molar-refractivity contribution in [2.75, 3.05) is 13.7 Å². The molecule has 1 amide bonds. The zero-order chi connectivity index (χ0) is 23.6. The minimum absolute atomic E-state index is 0.352. The first-order valence-electron chi connectivity index (χ1n) is 11.3. The Balaban J connectivity index is 1.53. The third-order valence-corrected chi connectivity index (χ3v) is 8.96. The molecule has 7 rings (SSSR count). The van der Waals surface area contributed by atoms with Crippen LogP contribution in [0.3, 0.4) is 0 Å². The SMILES string of the molecule is COc1ccc2c3c1O[C@H]1c4[nH]c5ccccc5c4C[C@@]4(O)[C@@H](C2)N(C(=O)C(Cl)(Cl)Cl)CC[C@]314. The number of aliphatic hydroxyl groups is 1. The van der Waals surface area contributed by atoms with E-state index < -0.39 is 32.9 Å². The highest BCUT2D eigenvalue weighted by atomic mass is 35.6. The van der Waals surface area contributed by atoms with Crippen LogP contribution >= 0.6 is 34.8 Å². The Morgan fingerprint density at radius 3 is 2.82 bits per heavy atom. The molecule has 2 bridgehead atoms. The van der Waals surface area contributed by atoms with Gasteiger partial charge in [-0.3, -0.25) is 4.79 Å². The smallest absolute Gasteiger partial charge is 0.275 e. The number of ether oxygens (including phenoxy) is 2. The molecule has 2 aromatic carbocycles. The second-order valence-electron chi connectivity index (χ2n) is 9.73. The van der Waals surface area contributed by atoms with Crippen LogP contribution in [0.5, 0.6) is 11.5 Å². The van der Waals surface area contributed by atoms with E-state index in [4.69, 9.17) is 44.3 Å². The Morgan fingerprint density at radius 1 is 1.26 bits per heavy atom. The summed E-state index contributed by atoms with van der Waals surface area (Å²) in [5.41, 5.74) is 2.90. The van der Waals surface area contributed by atoms with Crippen LogP contribution in [0.4, 0.5) is 0 Å². The summed E-state index contributed by atoms with van der Waals surface area (Å²) >= 11 is 18.1. The van der Waals surface area contributed by atoms with Gasteiger partial charge in [-0.2, -0.15) is 0 Å². The topological polar surface area (TPSA) is 74.8 Å². The number of aromatic amines is 1. The number of benzene rings is 2. The molecular weight excluding hydrogens is 499 g/mol. The number of piperidine rings is 1. The van der Waals surface area contributed by atoms with Crippen LogP contribution in [0.15, 0.2) is 36.4 Å². The van der Waals surface area contributed by atoms with Gasteiger partial charge < -0.3 is 24.5 Å². The predicted molar refractivity (Wildman–Crippen MR) is 129 cm³/mol. The van der Waals surface area contributed by atoms with Gasteiger partial charge in [0.05, 0.1) is 24.3 Å². The Hall–Kier alpha value is -2.12. The second kappa shape index (κ2) is 6.55. The molecule has 4 aliphatic rings. The van der Waals surface area contributed by atoms with Crippen LogP contribution in [-0.2, 0) is 23.1 Å². The lowest BCUT2D eigenvalue weighted by atomic mass is 9.49. The normalized spacial score (nSPS) is 30.6. The number of methoxy groups -OCH3 is 1. The quantitative estimate of drug-likeness (QED) is 0.469. The van der Waals surface area contributed by atoms with Gasteiger partial charge in [-0.1, -0.05) is 59.1 Å². The number of hydrogen-bond acceptors (Lipinski definition) is 4. The predicted octanol–water partition coefficient (Wildman–Crippen LogP) is 4.36. The average Bonchev–Trinajstić information content (AvgIpc) is 3.33. The van der Waals surface area contributed by atoms with Crippen molar-refractivity contribution < 1.29 is 19.4 Å². The number of halogens is 3. The minimum atomic E-state index is -2.10. The van der Waals surface area contributed by atoms with Gasteiger partial charge in [0.15, 0.2) is 17.6 Å². The highest BCUT2D eigenvalue weighted by molar-refractivity contribution is 6.76. The molecule has 3 aromatic rings. The van der Waals surface area contributed by atoms with Crippen LogP contribution in [-0.4, -0.2) is 50.0 Å². The van der Waals surface area contributed by atoms with E-state index in [2.05, 4.69) is 4.98 Å². The Bertz CT molecular complexity index is 1400. The lowest BCUT2D eigenvalue weighted by Crippen LogP contribution is -2.75. The highest BCUT2D eigenvalue weighted by Gasteiger charge is 2.73. The minimum Gasteiger partial charge on any atom is -0.493 e. The molecule has 2 aliphatic carbocycles. The summed E-state index contributed by atoms with van der Waals surface area (Å²) in [6.07, 6.45) is 0.812. The summed E-state index contributed by atoms with van der Waals surface area (Å²) in [6, 6.07) is 11.4. The van der Waals surface area contributed by atoms with Crippen LogP contribution in [0.2, 0.25) is 0 Å². The number of H-pyrrole nitrogens is 1. The van der Waals surface area contributed by atoms with Gasteiger partial charge >= 0.3 is 0 Å². The molecule has 176 valence electrons. The first kappa shape index (κ1) is 21.2. The lowest BCUT2D eigenvalue weighted by molar-refractivity contribution is -0.181. The maximum absolute atomic E-state index is 13.2. The fraction of sp³-hybridized carbons (Fsp3) is 0.400. The van der Waals surface area contributed by atoms with Crippen LogP contribution in [0, 0.1) is 0 Å². The number of para-hydroxylation sites is 1. The summed E-state index contributed by atoms with van der Waals surface area (Å²) in [4.78, 5) is 18.4. The number of amides is 1. The number of rotatable bonds is 1. The van der Waals surface area contributed by atoms with Crippen molar-refractivity contribution in [1.82, 2.24) is 9.88 Å². The standard InChI is InChI=1S/C25H21Cl3N2O4/c1-33-16-7-6-12-10-17-24(32)11-14-13-4-2-3-5-15(13)29-19(14)21-23(24,18(12)20(16)34-21)8-9-30(17)22(31)25(26,27)28/h2-7,17,21,29,32H,8-11H2,1H3/t17-,21+,23+,24-/m1/s1. The molecule has 3 heterocycles. The third-order valence-electron chi connectivity index (χ3n) is 8.48. The monoisotopic (exact) mass is 518 g/mol. The van der Waals surface area contributed by atoms with Crippen LogP contribution in [0.1, 0.15) is 34.9 Å². The summed E-state index contributed by atoms with van der Waals surface area (Å²) in [5, 5.41) is 13.8. The first-order valence-corrected chi connectivity index (χ1v) is 12.4. The van der Waals surface area contributed by atoms with E-state index in [1.807, 2.05) is 36.4 Å². The molecule has 2 N–H and O–H groups in total. The van der Waals surface area contributed by atoms with E-state index in [1.165, 1.54) is 0 Å². The summed E-state index contributed by atoms with van der Waals surface area (Å²) in [6.45, 7) is 0.352. The maximum atomic E-state index is 13.2. The van der Waals surface area contributed by atoms with Crippen LogP contribution in [0.25, 0.3) is 10.9 Å². The molecule has 4 atom stereocenters. The van der Waals surface area contributed by atoms with Crippen molar-refractivity contribution in [3.8, 4) is 11.5 Å². The largest absolute Gasteiger partial charge is 0.493 e. The number of fused-ring (bicyclic) bond motifs is 4. The number of alkyl halides is 3. The van der Waals surface area contributed by atoms with Gasteiger partial charge in [0.1, 0.15) is 5.60 Å². The van der Waals surface area contributed by atoms with Crippen molar-refractivity contribution >= 4 is 51.6 Å². The summed E-state index contributed by atoms with van der Waals surface area (Å²) in [5.74, 6) is 0.707. The van der Waals surface area contributed by atoms with Gasteiger partial charge in [-0.15, -0.1) is 0 Å². The Morgan fingerprint density at radius 2 is 2.06 bits per heavy atom. The Labute approximate surface area is 210 Å². The molecule has 2 aliphatic heterocycles. The third kappa shape index (κ3) is 2.31. The van der Waals surface area contributed by atoms with Crippen molar-refractivity contribution in [2.45, 2.75) is 46.2 Å². The van der Waals surface area contributed by atoms with Gasteiger partial charge in [-0.25, -0.2) is 0 Å². The number of hydrogen-bond donors (Lipinski definition) is 2. The molecule has 0 saturated carbocycles. The zero-order valence-electron chi connectivity index (χ0n) is 18.2. The second-order valence-corrected chi connectivity index (χ2v) is 12.0. The molecular formula is C25H21Cl3N2O4. The highest BCUT2D eigenvalue weighted by Crippen LogP contribution is 2.69. The van der Waals surface area contributed by atoms with Crippen LogP contribution < -0.4 is 9.47 Å². The average molecular weight is 520 g/mol. The Kier molecular flexibility index (Phi) is 4.08. The lowest BCUT2D eigenvalue weighted by Gasteiger charge is -2.62. The molecule has 0 unspecified atom stereocenters. The summed E-state index contributed by atoms with van der Waals surface area (Å²) < 4.78 is 10.3. The van der Waals surface area contributed by atoms with E-state index in [0.29, 0.717) is 37.3 Å². The molecule has 6 nitrogen and oxygen atoms in total. The van der Waals surface area contributed by atoms with E-state index in [1.54, 1.807) is 12.0 Å². The van der Waals surface area contributed by atoms with E-state index in [-0.39, 0.29) is 0 Å². The van der Waals surface area contributed by atoms with Gasteiger partial charge in [0.25, 0.3) is 9.70 Å². The number of likely N-dealkylation sites (tertiary alicyclic amines) is 1. The zero-order valence-corrected chi connectivity index (χ0v) is 20.5. The maximum Gasteiger partial charge on any atom is 0.275 e. The van der Waals surface area contributed by atoms with E-state index in [0.717, 1.165) is 33.3 Å². The molecule has 1 saturated heterocycles. The fourth-order valence-electron chi connectivity index (χ4n) is 7.19. The van der Waals surface area contributed by atoms with Crippen molar-refractivity contribution in [2.24, 2.45) is 0 Å². The van der Waals surface area contributed by atoms with E-state index in [9.17, 15) is 9.90 Å². The molecule has 1 aromatic heterocycles. The fourth-order valence-corrected chi connectivity index (χ4v) is 7.52. The van der Waals surface area contributed by atoms with E-state index >= 15 is 0 Å². The van der Waals surface area contributed by atoms with Gasteiger partial charge in [-0.05, 0) is 36.1 Å². The number of aromatic nitrogens is 1. The molecule has 0 radical (unpaired) electrons. The molecule has 9 heteroatoms. The number of nitrogens with zero attached hydrogens (tertiary/aromatic N) is 1.